The van der Waals surface area contributed by atoms with E-state index in [1.54, 1.807) is 24.3 Å². The van der Waals surface area contributed by atoms with Gasteiger partial charge in [-0.05, 0) is 49.9 Å². The maximum atomic E-state index is 12.2. The van der Waals surface area contributed by atoms with Crippen LogP contribution in [0.1, 0.15) is 49.9 Å². The molecule has 6 nitrogen and oxygen atoms in total. The standard InChI is InChI=1S/C19H25ClN2O4/c1-12-5-3-4-6-16(12)22-18(24)13(2)26-17(23)11-21-19(25)14-7-9-15(20)10-8-14/h7-10,12-13,16H,3-6,11H2,1-2H3,(H,21,25)(H,22,24)/t12-,13-,16-/m1/s1. The van der Waals surface area contributed by atoms with Gasteiger partial charge < -0.3 is 15.4 Å². The van der Waals surface area contributed by atoms with Crippen LogP contribution in [-0.4, -0.2) is 36.5 Å². The van der Waals surface area contributed by atoms with Gasteiger partial charge in [0.1, 0.15) is 6.54 Å². The van der Waals surface area contributed by atoms with E-state index in [-0.39, 0.29) is 18.5 Å². The summed E-state index contributed by atoms with van der Waals surface area (Å²) in [4.78, 5) is 36.0. The van der Waals surface area contributed by atoms with Crippen LogP contribution in [0.15, 0.2) is 24.3 Å². The lowest BCUT2D eigenvalue weighted by atomic mass is 9.86. The molecule has 7 heteroatoms. The molecule has 0 bridgehead atoms. The average molecular weight is 381 g/mol. The van der Waals surface area contributed by atoms with Crippen LogP contribution < -0.4 is 10.6 Å². The Hall–Kier alpha value is -2.08. The van der Waals surface area contributed by atoms with Crippen LogP contribution >= 0.6 is 11.6 Å². The second kappa shape index (κ2) is 9.57. The van der Waals surface area contributed by atoms with Crippen molar-refractivity contribution in [1.29, 1.82) is 0 Å². The summed E-state index contributed by atoms with van der Waals surface area (Å²) in [5.74, 6) is -0.950. The molecule has 3 atom stereocenters. The van der Waals surface area contributed by atoms with Crippen LogP contribution in [0.3, 0.4) is 0 Å². The zero-order chi connectivity index (χ0) is 19.1. The van der Waals surface area contributed by atoms with E-state index in [0.717, 1.165) is 19.3 Å². The summed E-state index contributed by atoms with van der Waals surface area (Å²) < 4.78 is 5.11. The molecule has 2 N–H and O–H groups in total. The fourth-order valence-electron chi connectivity index (χ4n) is 2.98. The minimum Gasteiger partial charge on any atom is -0.451 e. The lowest BCUT2D eigenvalue weighted by Gasteiger charge is -2.30. The minimum absolute atomic E-state index is 0.127. The predicted molar refractivity (Wildman–Crippen MR) is 98.9 cm³/mol. The first kappa shape index (κ1) is 20.2. The SMILES string of the molecule is C[C@@H]1CCCC[C@H]1NC(=O)[C@@H](C)OC(=O)CNC(=O)c1ccc(Cl)cc1. The summed E-state index contributed by atoms with van der Waals surface area (Å²) in [6, 6.07) is 6.43. The van der Waals surface area contributed by atoms with Crippen molar-refractivity contribution in [3.63, 3.8) is 0 Å². The normalized spacial score (nSPS) is 20.7. The van der Waals surface area contributed by atoms with Crippen molar-refractivity contribution in [2.45, 2.75) is 51.7 Å². The molecule has 1 aromatic rings. The topological polar surface area (TPSA) is 84.5 Å². The Bertz CT molecular complexity index is 647. The molecule has 26 heavy (non-hydrogen) atoms. The highest BCUT2D eigenvalue weighted by molar-refractivity contribution is 6.30. The van der Waals surface area contributed by atoms with E-state index in [1.165, 1.54) is 13.3 Å². The molecule has 0 saturated heterocycles. The molecule has 1 fully saturated rings. The van der Waals surface area contributed by atoms with Crippen LogP contribution in [0.25, 0.3) is 0 Å². The van der Waals surface area contributed by atoms with Gasteiger partial charge in [-0.25, -0.2) is 0 Å². The number of esters is 1. The largest absolute Gasteiger partial charge is 0.451 e. The van der Waals surface area contributed by atoms with Crippen molar-refractivity contribution in [2.24, 2.45) is 5.92 Å². The molecule has 0 unspecified atom stereocenters. The van der Waals surface area contributed by atoms with Crippen LogP contribution in [0.2, 0.25) is 5.02 Å². The zero-order valence-electron chi connectivity index (χ0n) is 15.1. The number of hydrogen-bond donors (Lipinski definition) is 2. The fraction of sp³-hybridized carbons (Fsp3) is 0.526. The molecule has 0 spiro atoms. The van der Waals surface area contributed by atoms with Gasteiger partial charge in [-0.1, -0.05) is 31.4 Å². The van der Waals surface area contributed by atoms with E-state index in [4.69, 9.17) is 16.3 Å². The number of amides is 2. The summed E-state index contributed by atoms with van der Waals surface area (Å²) in [7, 11) is 0. The number of hydrogen-bond acceptors (Lipinski definition) is 4. The Morgan fingerprint density at radius 1 is 1.19 bits per heavy atom. The quantitative estimate of drug-likeness (QED) is 0.743. The molecule has 1 aliphatic carbocycles. The molecule has 0 aliphatic heterocycles. The number of carbonyl (C=O) groups excluding carboxylic acids is 3. The molecule has 0 radical (unpaired) electrons. The number of halogens is 1. The summed E-state index contributed by atoms with van der Waals surface area (Å²) >= 11 is 5.77. The summed E-state index contributed by atoms with van der Waals surface area (Å²) in [5, 5.41) is 5.94. The van der Waals surface area contributed by atoms with Crippen LogP contribution in [0.5, 0.6) is 0 Å². The van der Waals surface area contributed by atoms with Crippen molar-refractivity contribution in [1.82, 2.24) is 10.6 Å². The number of nitrogens with one attached hydrogen (secondary N) is 2. The highest BCUT2D eigenvalue weighted by Crippen LogP contribution is 2.23. The molecular formula is C19H25ClN2O4. The molecule has 0 heterocycles. The molecular weight excluding hydrogens is 356 g/mol. The smallest absolute Gasteiger partial charge is 0.326 e. The number of benzene rings is 1. The Morgan fingerprint density at radius 2 is 1.85 bits per heavy atom. The van der Waals surface area contributed by atoms with Gasteiger partial charge in [-0.2, -0.15) is 0 Å². The maximum Gasteiger partial charge on any atom is 0.326 e. The predicted octanol–water partition coefficient (Wildman–Crippen LogP) is 2.70. The number of rotatable bonds is 6. The first-order valence-electron chi connectivity index (χ1n) is 8.90. The first-order chi connectivity index (χ1) is 12.4. The van der Waals surface area contributed by atoms with Gasteiger partial charge >= 0.3 is 5.97 Å². The van der Waals surface area contributed by atoms with Crippen molar-refractivity contribution in [3.05, 3.63) is 34.9 Å². The molecule has 2 amide bonds. The minimum atomic E-state index is -0.899. The van der Waals surface area contributed by atoms with Crippen LogP contribution in [0, 0.1) is 5.92 Å². The fourth-order valence-corrected chi connectivity index (χ4v) is 3.10. The molecule has 142 valence electrons. The molecule has 1 aromatic carbocycles. The monoisotopic (exact) mass is 380 g/mol. The summed E-state index contributed by atoms with van der Waals surface area (Å²) in [6.07, 6.45) is 3.43. The number of ether oxygens (including phenoxy) is 1. The van der Waals surface area contributed by atoms with E-state index in [0.29, 0.717) is 16.5 Å². The van der Waals surface area contributed by atoms with Gasteiger partial charge in [-0.3, -0.25) is 14.4 Å². The molecule has 0 aromatic heterocycles. The van der Waals surface area contributed by atoms with E-state index >= 15 is 0 Å². The van der Waals surface area contributed by atoms with Gasteiger partial charge in [-0.15, -0.1) is 0 Å². The molecule has 1 aliphatic rings. The van der Waals surface area contributed by atoms with E-state index in [2.05, 4.69) is 17.6 Å². The second-order valence-corrected chi connectivity index (χ2v) is 7.13. The van der Waals surface area contributed by atoms with E-state index in [9.17, 15) is 14.4 Å². The molecule has 1 saturated carbocycles. The Kier molecular flexibility index (Phi) is 7.45. The second-order valence-electron chi connectivity index (χ2n) is 6.70. The third-order valence-corrected chi connectivity index (χ3v) is 4.87. The van der Waals surface area contributed by atoms with Crippen LogP contribution in [0.4, 0.5) is 0 Å². The van der Waals surface area contributed by atoms with Gasteiger partial charge in [0.05, 0.1) is 0 Å². The summed E-state index contributed by atoms with van der Waals surface area (Å²) in [5.41, 5.74) is 0.388. The van der Waals surface area contributed by atoms with Gasteiger partial charge in [0, 0.05) is 16.6 Å². The van der Waals surface area contributed by atoms with E-state index < -0.39 is 18.0 Å². The van der Waals surface area contributed by atoms with Crippen molar-refractivity contribution in [2.75, 3.05) is 6.54 Å². The third-order valence-electron chi connectivity index (χ3n) is 4.62. The highest BCUT2D eigenvalue weighted by atomic mass is 35.5. The Labute approximate surface area is 158 Å². The zero-order valence-corrected chi connectivity index (χ0v) is 15.8. The highest BCUT2D eigenvalue weighted by Gasteiger charge is 2.26. The average Bonchev–Trinajstić information content (AvgIpc) is 2.62. The Balaban J connectivity index is 1.74. The lowest BCUT2D eigenvalue weighted by molar-refractivity contribution is -0.154. The Morgan fingerprint density at radius 3 is 2.50 bits per heavy atom. The van der Waals surface area contributed by atoms with Gasteiger partial charge in [0.2, 0.25) is 0 Å². The van der Waals surface area contributed by atoms with Gasteiger partial charge in [0.25, 0.3) is 11.8 Å². The summed E-state index contributed by atoms with van der Waals surface area (Å²) in [6.45, 7) is 3.34. The van der Waals surface area contributed by atoms with Crippen molar-refractivity contribution in [3.8, 4) is 0 Å². The van der Waals surface area contributed by atoms with Crippen LogP contribution in [-0.2, 0) is 14.3 Å². The third kappa shape index (κ3) is 6.02. The van der Waals surface area contributed by atoms with Crippen molar-refractivity contribution >= 4 is 29.4 Å². The van der Waals surface area contributed by atoms with Gasteiger partial charge in [0.15, 0.2) is 6.10 Å². The lowest BCUT2D eigenvalue weighted by Crippen LogP contribution is -2.46. The molecule has 2 rings (SSSR count). The first-order valence-corrected chi connectivity index (χ1v) is 9.28. The van der Waals surface area contributed by atoms with E-state index in [1.807, 2.05) is 0 Å². The van der Waals surface area contributed by atoms with Crippen molar-refractivity contribution < 1.29 is 19.1 Å². The number of carbonyl (C=O) groups is 3. The maximum absolute atomic E-state index is 12.2.